The topological polar surface area (TPSA) is 77.2 Å². The van der Waals surface area contributed by atoms with Crippen LogP contribution in [-0.4, -0.2) is 43.7 Å². The highest BCUT2D eigenvalue weighted by Crippen LogP contribution is 2.41. The number of rotatable bonds is 9. The molecule has 0 saturated carbocycles. The van der Waals surface area contributed by atoms with Crippen molar-refractivity contribution in [1.82, 2.24) is 4.90 Å². The second-order valence-corrected chi connectivity index (χ2v) is 6.84. The minimum absolute atomic E-state index is 0.0624. The molecule has 0 aromatic heterocycles. The van der Waals surface area contributed by atoms with Crippen LogP contribution < -0.4 is 15.2 Å². The van der Waals surface area contributed by atoms with Crippen LogP contribution in [0.5, 0.6) is 11.5 Å². The summed E-state index contributed by atoms with van der Waals surface area (Å²) in [5.41, 5.74) is 4.82. The van der Waals surface area contributed by atoms with E-state index >= 15 is 0 Å². The average molecular weight is 439 g/mol. The van der Waals surface area contributed by atoms with Gasteiger partial charge in [-0.25, -0.2) is 9.38 Å². The molecule has 0 saturated heterocycles. The van der Waals surface area contributed by atoms with Crippen LogP contribution in [0.4, 0.5) is 17.6 Å². The van der Waals surface area contributed by atoms with Crippen LogP contribution in [0.15, 0.2) is 47.5 Å². The van der Waals surface area contributed by atoms with Crippen molar-refractivity contribution in [3.05, 3.63) is 59.4 Å². The molecule has 166 valence electrons. The Morgan fingerprint density at radius 3 is 2.39 bits per heavy atom. The van der Waals surface area contributed by atoms with Crippen LogP contribution in [0.25, 0.3) is 0 Å². The van der Waals surface area contributed by atoms with Crippen molar-refractivity contribution in [2.45, 2.75) is 25.0 Å². The number of guanidine groups is 1. The van der Waals surface area contributed by atoms with Gasteiger partial charge < -0.3 is 15.2 Å². The van der Waals surface area contributed by atoms with Gasteiger partial charge in [-0.1, -0.05) is 18.2 Å². The second-order valence-electron chi connectivity index (χ2n) is 6.84. The first-order valence-electron chi connectivity index (χ1n) is 9.47. The first-order valence-corrected chi connectivity index (χ1v) is 9.47. The maximum absolute atomic E-state index is 14.3. The quantitative estimate of drug-likeness (QED) is 0.479. The first kappa shape index (κ1) is 22.4. The number of hydrogen-bond acceptors (Lipinski definition) is 5. The minimum Gasteiger partial charge on any atom is -0.491 e. The highest BCUT2D eigenvalue weighted by molar-refractivity contribution is 6.08. The Kier molecular flexibility index (Phi) is 6.67. The lowest BCUT2D eigenvalue weighted by atomic mass is 9.82. The highest BCUT2D eigenvalue weighted by Gasteiger charge is 2.49. The Morgan fingerprint density at radius 2 is 1.81 bits per heavy atom. The van der Waals surface area contributed by atoms with Crippen molar-refractivity contribution in [2.24, 2.45) is 10.7 Å². The van der Waals surface area contributed by atoms with Gasteiger partial charge in [0, 0.05) is 7.05 Å². The van der Waals surface area contributed by atoms with E-state index in [9.17, 15) is 22.4 Å². The van der Waals surface area contributed by atoms with Crippen molar-refractivity contribution in [3.8, 4) is 11.5 Å². The molecule has 31 heavy (non-hydrogen) atoms. The van der Waals surface area contributed by atoms with Gasteiger partial charge in [0.25, 0.3) is 5.91 Å². The normalized spacial score (nSPS) is 18.5. The maximum Gasteiger partial charge on any atom is 0.387 e. The standard InChI is InChI=1S/C21H21F4N3O3/c1-28-18(29)21(27-20(28)26,13-4-7-15(8-5-13)31-19(24)25)14-6-9-16(23)17(12-14)30-11-3-2-10-22/h4-9,12,19H,2-3,10-11H2,1H3,(H2,26,27). The lowest BCUT2D eigenvalue weighted by Crippen LogP contribution is -2.41. The zero-order chi connectivity index (χ0) is 22.6. The fourth-order valence-electron chi connectivity index (χ4n) is 3.28. The number of hydrogen-bond donors (Lipinski definition) is 1. The van der Waals surface area contributed by atoms with E-state index in [1.54, 1.807) is 0 Å². The molecule has 1 amide bonds. The van der Waals surface area contributed by atoms with Gasteiger partial charge in [0.1, 0.15) is 5.75 Å². The number of carbonyl (C=O) groups is 1. The molecule has 6 nitrogen and oxygen atoms in total. The molecule has 0 radical (unpaired) electrons. The SMILES string of the molecule is CN1C(=O)C(c2ccc(OC(F)F)cc2)(c2ccc(F)c(OCCCCF)c2)N=C1N. The van der Waals surface area contributed by atoms with Crippen molar-refractivity contribution in [2.75, 3.05) is 20.3 Å². The number of nitrogens with zero attached hydrogens (tertiary/aromatic N) is 2. The van der Waals surface area contributed by atoms with Gasteiger partial charge in [-0.05, 0) is 48.2 Å². The van der Waals surface area contributed by atoms with Gasteiger partial charge in [0.2, 0.25) is 0 Å². The summed E-state index contributed by atoms with van der Waals surface area (Å²) in [7, 11) is 1.44. The summed E-state index contributed by atoms with van der Waals surface area (Å²) in [5.74, 6) is -1.45. The number of amides is 1. The number of aliphatic imine (C=N–C) groups is 1. The van der Waals surface area contributed by atoms with Crippen LogP contribution in [-0.2, 0) is 10.3 Å². The molecule has 10 heteroatoms. The van der Waals surface area contributed by atoms with Crippen LogP contribution >= 0.6 is 0 Å². The van der Waals surface area contributed by atoms with Gasteiger partial charge in [-0.2, -0.15) is 8.78 Å². The van der Waals surface area contributed by atoms with E-state index in [-0.39, 0.29) is 36.0 Å². The minimum atomic E-state index is -3.00. The van der Waals surface area contributed by atoms with Gasteiger partial charge in [0.05, 0.1) is 13.3 Å². The molecule has 2 N–H and O–H groups in total. The van der Waals surface area contributed by atoms with Crippen molar-refractivity contribution in [1.29, 1.82) is 0 Å². The molecular weight excluding hydrogens is 418 g/mol. The van der Waals surface area contributed by atoms with E-state index in [1.807, 2.05) is 0 Å². The highest BCUT2D eigenvalue weighted by atomic mass is 19.3. The fraction of sp³-hybridized carbons (Fsp3) is 0.333. The van der Waals surface area contributed by atoms with Gasteiger partial charge in [0.15, 0.2) is 23.1 Å². The van der Waals surface area contributed by atoms with Gasteiger partial charge in [-0.3, -0.25) is 14.1 Å². The molecule has 0 spiro atoms. The number of benzene rings is 2. The molecule has 0 bridgehead atoms. The Bertz CT molecular complexity index is 969. The zero-order valence-electron chi connectivity index (χ0n) is 16.7. The van der Waals surface area contributed by atoms with Crippen LogP contribution in [0.3, 0.4) is 0 Å². The maximum atomic E-state index is 14.3. The summed E-state index contributed by atoms with van der Waals surface area (Å²) >= 11 is 0. The summed E-state index contributed by atoms with van der Waals surface area (Å²) in [6.07, 6.45) is 0.673. The van der Waals surface area contributed by atoms with Crippen molar-refractivity contribution < 1.29 is 31.8 Å². The molecule has 2 aromatic rings. The second kappa shape index (κ2) is 9.23. The Balaban J connectivity index is 2.04. The first-order chi connectivity index (χ1) is 14.8. The zero-order valence-corrected chi connectivity index (χ0v) is 16.7. The molecule has 1 aliphatic heterocycles. The number of likely N-dealkylation sites (N-methyl/N-ethyl adjacent to an activating group) is 1. The Hall–Kier alpha value is -3.30. The summed E-state index contributed by atoms with van der Waals surface area (Å²) in [4.78, 5) is 18.7. The Morgan fingerprint density at radius 1 is 1.13 bits per heavy atom. The predicted molar refractivity (Wildman–Crippen MR) is 105 cm³/mol. The number of ether oxygens (including phenoxy) is 2. The lowest BCUT2D eigenvalue weighted by Gasteiger charge is -2.26. The molecule has 2 aromatic carbocycles. The fourth-order valence-corrected chi connectivity index (χ4v) is 3.28. The van der Waals surface area contributed by atoms with Crippen LogP contribution in [0.1, 0.15) is 24.0 Å². The third-order valence-electron chi connectivity index (χ3n) is 4.87. The van der Waals surface area contributed by atoms with E-state index in [0.717, 1.165) is 11.0 Å². The number of unbranched alkanes of at least 4 members (excludes halogenated alkanes) is 1. The summed E-state index contributed by atoms with van der Waals surface area (Å²) in [5, 5.41) is 0. The van der Waals surface area contributed by atoms with Gasteiger partial charge >= 0.3 is 6.61 Å². The largest absolute Gasteiger partial charge is 0.491 e. The number of halogens is 4. The molecule has 1 unspecified atom stereocenters. The lowest BCUT2D eigenvalue weighted by molar-refractivity contribution is -0.129. The molecular formula is C21H21F4N3O3. The average Bonchev–Trinajstić information content (AvgIpc) is 2.97. The monoisotopic (exact) mass is 439 g/mol. The number of alkyl halides is 3. The Labute approximate surface area is 176 Å². The number of nitrogens with two attached hydrogens (primary N) is 1. The molecule has 0 aliphatic carbocycles. The van der Waals surface area contributed by atoms with E-state index in [2.05, 4.69) is 9.73 Å². The smallest absolute Gasteiger partial charge is 0.387 e. The third kappa shape index (κ3) is 4.42. The summed E-state index contributed by atoms with van der Waals surface area (Å²) in [6, 6.07) is 9.22. The van der Waals surface area contributed by atoms with Crippen LogP contribution in [0, 0.1) is 5.82 Å². The number of carbonyl (C=O) groups excluding carboxylic acids is 1. The van der Waals surface area contributed by atoms with E-state index in [0.29, 0.717) is 12.0 Å². The summed E-state index contributed by atoms with van der Waals surface area (Å²) < 4.78 is 61.3. The van der Waals surface area contributed by atoms with E-state index < -0.39 is 30.5 Å². The van der Waals surface area contributed by atoms with Gasteiger partial charge in [-0.15, -0.1) is 0 Å². The van der Waals surface area contributed by atoms with E-state index in [1.165, 1.54) is 43.4 Å². The van der Waals surface area contributed by atoms with Crippen molar-refractivity contribution >= 4 is 11.9 Å². The predicted octanol–water partition coefficient (Wildman–Crippen LogP) is 3.59. The molecule has 0 fully saturated rings. The molecule has 1 heterocycles. The van der Waals surface area contributed by atoms with Crippen LogP contribution in [0.2, 0.25) is 0 Å². The van der Waals surface area contributed by atoms with E-state index in [4.69, 9.17) is 10.5 Å². The summed E-state index contributed by atoms with van der Waals surface area (Å²) in [6.45, 7) is -3.41. The molecule has 3 rings (SSSR count). The molecule has 1 aliphatic rings. The van der Waals surface area contributed by atoms with Crippen molar-refractivity contribution in [3.63, 3.8) is 0 Å². The third-order valence-corrected chi connectivity index (χ3v) is 4.87. The molecule has 1 atom stereocenters.